The fraction of sp³-hybridized carbons (Fsp3) is 0.516. The topological polar surface area (TPSA) is 74.4 Å². The summed E-state index contributed by atoms with van der Waals surface area (Å²) in [6, 6.07) is 10.9. The number of benzene rings is 1. The van der Waals surface area contributed by atoms with E-state index in [-0.39, 0.29) is 12.0 Å². The molecule has 1 saturated heterocycles. The van der Waals surface area contributed by atoms with E-state index < -0.39 is 5.60 Å². The third-order valence-electron chi connectivity index (χ3n) is 7.63. The summed E-state index contributed by atoms with van der Waals surface area (Å²) in [5, 5.41) is 14.9. The molecule has 6 heteroatoms. The minimum atomic E-state index is -0.691. The van der Waals surface area contributed by atoms with Gasteiger partial charge in [-0.05, 0) is 113 Å². The minimum absolute atomic E-state index is 0.193. The molecule has 3 unspecified atom stereocenters. The van der Waals surface area contributed by atoms with Crippen LogP contribution in [-0.2, 0) is 0 Å². The number of aromatic nitrogens is 1. The fourth-order valence-electron chi connectivity index (χ4n) is 6.16. The second-order valence-electron chi connectivity index (χ2n) is 11.4. The van der Waals surface area contributed by atoms with Crippen LogP contribution in [0, 0.1) is 5.92 Å². The van der Waals surface area contributed by atoms with E-state index in [1.165, 1.54) is 28.0 Å². The molecule has 1 aromatic heterocycles. The maximum atomic E-state index is 10.5. The Balaban J connectivity index is 1.68. The Morgan fingerprint density at radius 1 is 1.32 bits per heavy atom. The lowest BCUT2D eigenvalue weighted by atomic mass is 9.73. The Hall–Kier alpha value is -2.34. The molecule has 0 bridgehead atoms. The van der Waals surface area contributed by atoms with Crippen molar-refractivity contribution in [3.05, 3.63) is 75.8 Å². The number of nitrogens with two attached hydrogens (primary N) is 1. The number of allylic oxidation sites excluding steroid dienone is 2. The summed E-state index contributed by atoms with van der Waals surface area (Å²) in [6.45, 7) is 10.7. The number of nitrogens with one attached hydrogen (secondary N) is 1. The molecule has 1 aliphatic heterocycles. The summed E-state index contributed by atoms with van der Waals surface area (Å²) in [7, 11) is 0. The van der Waals surface area contributed by atoms with E-state index in [9.17, 15) is 5.11 Å². The molecule has 0 amide bonds. The van der Waals surface area contributed by atoms with Crippen molar-refractivity contribution in [2.24, 2.45) is 11.7 Å². The Labute approximate surface area is 227 Å². The smallest absolute Gasteiger partial charge is 0.0606 e. The molecule has 2 heterocycles. The molecule has 0 spiro atoms. The van der Waals surface area contributed by atoms with Crippen LogP contribution in [-0.4, -0.2) is 46.3 Å². The normalized spacial score (nSPS) is 22.1. The van der Waals surface area contributed by atoms with Gasteiger partial charge in [-0.2, -0.15) is 0 Å². The highest BCUT2D eigenvalue weighted by molar-refractivity contribution is 6.30. The fourth-order valence-corrected chi connectivity index (χ4v) is 6.34. The number of fused-ring (bicyclic) bond motifs is 2. The van der Waals surface area contributed by atoms with Crippen LogP contribution in [0.4, 0.5) is 0 Å². The van der Waals surface area contributed by atoms with E-state index in [2.05, 4.69) is 47.5 Å². The van der Waals surface area contributed by atoms with Crippen LogP contribution >= 0.6 is 11.6 Å². The van der Waals surface area contributed by atoms with E-state index >= 15 is 0 Å². The second kappa shape index (κ2) is 12.0. The quantitative estimate of drug-likeness (QED) is 0.367. The zero-order chi connectivity index (χ0) is 26.6. The van der Waals surface area contributed by atoms with E-state index in [1.54, 1.807) is 0 Å². The van der Waals surface area contributed by atoms with Crippen molar-refractivity contribution >= 4 is 23.3 Å². The molecule has 1 fully saturated rings. The van der Waals surface area contributed by atoms with Crippen LogP contribution < -0.4 is 11.1 Å². The highest BCUT2D eigenvalue weighted by Crippen LogP contribution is 2.45. The van der Waals surface area contributed by atoms with E-state index in [0.717, 1.165) is 62.5 Å². The minimum Gasteiger partial charge on any atom is -0.401 e. The Bertz CT molecular complexity index is 1130. The maximum Gasteiger partial charge on any atom is 0.0606 e. The van der Waals surface area contributed by atoms with Crippen LogP contribution in [0.3, 0.4) is 0 Å². The van der Waals surface area contributed by atoms with Gasteiger partial charge in [0.25, 0.3) is 0 Å². The number of hydrogen-bond acceptors (Lipinski definition) is 5. The average Bonchev–Trinajstić information content (AvgIpc) is 2.96. The number of rotatable bonds is 9. The predicted molar refractivity (Wildman–Crippen MR) is 155 cm³/mol. The summed E-state index contributed by atoms with van der Waals surface area (Å²) in [4.78, 5) is 7.31. The predicted octanol–water partition coefficient (Wildman–Crippen LogP) is 6.17. The molecular weight excluding hydrogens is 480 g/mol. The van der Waals surface area contributed by atoms with Crippen molar-refractivity contribution in [3.63, 3.8) is 0 Å². The van der Waals surface area contributed by atoms with E-state index in [0.29, 0.717) is 5.92 Å². The van der Waals surface area contributed by atoms with Crippen molar-refractivity contribution in [2.45, 2.75) is 77.4 Å². The van der Waals surface area contributed by atoms with Crippen LogP contribution in [0.25, 0.3) is 11.6 Å². The second-order valence-corrected chi connectivity index (χ2v) is 11.9. The molecule has 0 radical (unpaired) electrons. The van der Waals surface area contributed by atoms with Gasteiger partial charge in [-0.3, -0.25) is 4.98 Å². The Morgan fingerprint density at radius 3 is 2.86 bits per heavy atom. The average molecular weight is 523 g/mol. The molecule has 2 aliphatic rings. The summed E-state index contributed by atoms with van der Waals surface area (Å²) in [5.41, 5.74) is 12.3. The number of aliphatic hydroxyl groups is 1. The molecule has 1 aliphatic carbocycles. The zero-order valence-electron chi connectivity index (χ0n) is 22.8. The number of halogens is 1. The summed E-state index contributed by atoms with van der Waals surface area (Å²) in [5.74, 6) is 0.627. The zero-order valence-corrected chi connectivity index (χ0v) is 23.6. The Morgan fingerprint density at radius 2 is 2.14 bits per heavy atom. The van der Waals surface area contributed by atoms with Crippen LogP contribution in [0.5, 0.6) is 0 Å². The van der Waals surface area contributed by atoms with Gasteiger partial charge in [0.2, 0.25) is 0 Å². The lowest BCUT2D eigenvalue weighted by Crippen LogP contribution is -2.44. The summed E-state index contributed by atoms with van der Waals surface area (Å²) < 4.78 is 0. The van der Waals surface area contributed by atoms with Gasteiger partial charge in [0.1, 0.15) is 0 Å². The van der Waals surface area contributed by atoms with Crippen LogP contribution in [0.1, 0.15) is 88.1 Å². The summed E-state index contributed by atoms with van der Waals surface area (Å²) in [6.07, 6.45) is 11.1. The highest BCUT2D eigenvalue weighted by atomic mass is 35.5. The van der Waals surface area contributed by atoms with Crippen molar-refractivity contribution in [3.8, 4) is 0 Å². The van der Waals surface area contributed by atoms with Crippen molar-refractivity contribution in [1.29, 1.82) is 0 Å². The van der Waals surface area contributed by atoms with Crippen LogP contribution in [0.2, 0.25) is 5.02 Å². The first-order chi connectivity index (χ1) is 17.6. The van der Waals surface area contributed by atoms with Gasteiger partial charge in [-0.1, -0.05) is 29.8 Å². The largest absolute Gasteiger partial charge is 0.401 e. The molecule has 4 rings (SSSR count). The molecule has 4 N–H and O–H groups in total. The van der Waals surface area contributed by atoms with E-state index in [1.807, 2.05) is 39.2 Å². The third kappa shape index (κ3) is 7.16. The molecular formula is C31H43ClN4O. The van der Waals surface area contributed by atoms with Gasteiger partial charge in [0, 0.05) is 48.2 Å². The third-order valence-corrected chi connectivity index (χ3v) is 7.86. The van der Waals surface area contributed by atoms with Crippen molar-refractivity contribution in [1.82, 2.24) is 15.2 Å². The SMILES string of the molecule is CCN(/C=C(/C)N)CCCC1=Cc2cc(Cl)ccc2C(C2CCNC(CC(C)(C)O)C2)c2ncccc21. The highest BCUT2D eigenvalue weighted by Gasteiger charge is 2.36. The number of hydrogen-bond donors (Lipinski definition) is 3. The molecule has 37 heavy (non-hydrogen) atoms. The van der Waals surface area contributed by atoms with Gasteiger partial charge in [-0.25, -0.2) is 0 Å². The Kier molecular flexibility index (Phi) is 8.99. The maximum absolute atomic E-state index is 10.5. The lowest BCUT2D eigenvalue weighted by molar-refractivity contribution is 0.0510. The molecule has 2 aromatic rings. The van der Waals surface area contributed by atoms with Gasteiger partial charge >= 0.3 is 0 Å². The molecule has 200 valence electrons. The monoisotopic (exact) mass is 522 g/mol. The van der Waals surface area contributed by atoms with Gasteiger partial charge < -0.3 is 21.1 Å². The standard InChI is InChI=1S/C31H43ClN4O/c1-5-36(20-21(2)33)15-7-8-22-16-24-17-25(32)10-11-27(24)29(30-28(22)9-6-13-35-30)23-12-14-34-26(18-23)19-31(3,4)37/h6,9-11,13,16-17,20,23,26,29,34,37H,5,7-8,12,14-15,18-19,33H2,1-4H3/b21-20-. The first kappa shape index (κ1) is 27.7. The number of nitrogens with zero attached hydrogens (tertiary/aromatic N) is 2. The lowest BCUT2D eigenvalue weighted by Gasteiger charge is -2.38. The molecule has 0 saturated carbocycles. The molecule has 1 aromatic carbocycles. The van der Waals surface area contributed by atoms with Gasteiger partial charge in [0.15, 0.2) is 0 Å². The molecule has 3 atom stereocenters. The van der Waals surface area contributed by atoms with Gasteiger partial charge in [0.05, 0.1) is 11.3 Å². The van der Waals surface area contributed by atoms with Crippen molar-refractivity contribution < 1.29 is 5.11 Å². The number of pyridine rings is 1. The first-order valence-electron chi connectivity index (χ1n) is 13.7. The van der Waals surface area contributed by atoms with Crippen LogP contribution in [0.15, 0.2) is 48.4 Å². The van der Waals surface area contributed by atoms with Crippen molar-refractivity contribution in [2.75, 3.05) is 19.6 Å². The van der Waals surface area contributed by atoms with E-state index in [4.69, 9.17) is 22.3 Å². The number of piperidine rings is 1. The first-order valence-corrected chi connectivity index (χ1v) is 14.1. The summed E-state index contributed by atoms with van der Waals surface area (Å²) >= 11 is 6.52. The van der Waals surface area contributed by atoms with Gasteiger partial charge in [-0.15, -0.1) is 0 Å². The molecule has 5 nitrogen and oxygen atoms in total.